The Bertz CT molecular complexity index is 503. The summed E-state index contributed by atoms with van der Waals surface area (Å²) < 4.78 is 50.8. The van der Waals surface area contributed by atoms with Crippen LogP contribution in [-0.4, -0.2) is 65.4 Å². The lowest BCUT2D eigenvalue weighted by Crippen LogP contribution is -2.52. The lowest BCUT2D eigenvalue weighted by atomic mass is 10.0. The molecule has 7 nitrogen and oxygen atoms in total. The fourth-order valence-corrected chi connectivity index (χ4v) is 5.59. The Labute approximate surface area is 115 Å². The maximum Gasteiger partial charge on any atom is 0.279 e. The van der Waals surface area contributed by atoms with Gasteiger partial charge in [0.25, 0.3) is 10.2 Å². The van der Waals surface area contributed by atoms with Gasteiger partial charge in [-0.1, -0.05) is 0 Å². The van der Waals surface area contributed by atoms with Gasteiger partial charge < -0.3 is 5.32 Å². The van der Waals surface area contributed by atoms with Crippen molar-refractivity contribution in [2.45, 2.75) is 25.3 Å². The van der Waals surface area contributed by atoms with Gasteiger partial charge in [0.05, 0.1) is 11.5 Å². The van der Waals surface area contributed by atoms with Gasteiger partial charge in [0.15, 0.2) is 9.84 Å². The predicted molar refractivity (Wildman–Crippen MR) is 74.9 cm³/mol. The minimum absolute atomic E-state index is 0.0372. The second-order valence-corrected chi connectivity index (χ2v) is 9.25. The summed E-state index contributed by atoms with van der Waals surface area (Å²) in [5, 5.41) is 2.94. The zero-order chi connectivity index (χ0) is 14.7. The molecule has 0 amide bonds. The molecule has 0 aromatic carbocycles. The van der Waals surface area contributed by atoms with E-state index in [9.17, 15) is 16.8 Å². The van der Waals surface area contributed by atoms with Crippen molar-refractivity contribution in [2.75, 3.05) is 38.7 Å². The van der Waals surface area contributed by atoms with Crippen LogP contribution >= 0.6 is 0 Å². The van der Waals surface area contributed by atoms with E-state index in [2.05, 4.69) is 10.0 Å². The van der Waals surface area contributed by atoms with Crippen LogP contribution in [0.5, 0.6) is 0 Å². The Morgan fingerprint density at radius 1 is 1.37 bits per heavy atom. The molecule has 1 aliphatic heterocycles. The van der Waals surface area contributed by atoms with Crippen LogP contribution in [0.1, 0.15) is 19.8 Å². The van der Waals surface area contributed by atoms with E-state index >= 15 is 0 Å². The number of hydrogen-bond donors (Lipinski definition) is 2. The third-order valence-corrected chi connectivity index (χ3v) is 6.85. The first-order valence-electron chi connectivity index (χ1n) is 6.20. The maximum atomic E-state index is 12.1. The van der Waals surface area contributed by atoms with E-state index in [1.54, 1.807) is 14.0 Å². The number of nitrogens with one attached hydrogen (secondary N) is 2. The van der Waals surface area contributed by atoms with Gasteiger partial charge in [-0.2, -0.15) is 17.4 Å². The first-order valence-corrected chi connectivity index (χ1v) is 9.47. The Hall–Kier alpha value is -0.220. The van der Waals surface area contributed by atoms with Crippen LogP contribution in [-0.2, 0) is 20.0 Å². The van der Waals surface area contributed by atoms with Crippen molar-refractivity contribution in [2.24, 2.45) is 0 Å². The Balaban J connectivity index is 2.64. The standard InChI is InChI=1S/C10H23N3O4S2/c1-10(5-8-18(14,15)9-10)12-19(16,17)13(3)7-4-6-11-2/h11-12H,4-9H2,1-3H3. The van der Waals surface area contributed by atoms with E-state index in [0.717, 1.165) is 6.54 Å². The number of sulfone groups is 1. The van der Waals surface area contributed by atoms with E-state index in [-0.39, 0.29) is 11.5 Å². The van der Waals surface area contributed by atoms with Gasteiger partial charge in [0, 0.05) is 19.1 Å². The lowest BCUT2D eigenvalue weighted by molar-refractivity contribution is 0.407. The highest BCUT2D eigenvalue weighted by Gasteiger charge is 2.41. The molecule has 0 aromatic heterocycles. The van der Waals surface area contributed by atoms with Crippen LogP contribution < -0.4 is 10.0 Å². The van der Waals surface area contributed by atoms with Crippen molar-refractivity contribution >= 4 is 20.0 Å². The monoisotopic (exact) mass is 313 g/mol. The first kappa shape index (κ1) is 16.8. The van der Waals surface area contributed by atoms with Gasteiger partial charge in [-0.25, -0.2) is 8.42 Å². The molecule has 0 bridgehead atoms. The molecule has 9 heteroatoms. The van der Waals surface area contributed by atoms with Crippen LogP contribution in [0.25, 0.3) is 0 Å². The highest BCUT2D eigenvalue weighted by atomic mass is 32.2. The lowest BCUT2D eigenvalue weighted by Gasteiger charge is -2.27. The summed E-state index contributed by atoms with van der Waals surface area (Å²) in [6, 6.07) is 0. The molecule has 1 rings (SSSR count). The van der Waals surface area contributed by atoms with E-state index in [1.807, 2.05) is 0 Å². The number of rotatable bonds is 7. The van der Waals surface area contributed by atoms with E-state index in [4.69, 9.17) is 0 Å². The molecule has 1 heterocycles. The Morgan fingerprint density at radius 2 is 2.00 bits per heavy atom. The van der Waals surface area contributed by atoms with Gasteiger partial charge in [-0.3, -0.25) is 0 Å². The third-order valence-electron chi connectivity index (χ3n) is 3.19. The van der Waals surface area contributed by atoms with E-state index < -0.39 is 25.6 Å². The molecule has 0 radical (unpaired) electrons. The Kier molecular flexibility index (Phi) is 5.35. The van der Waals surface area contributed by atoms with Crippen LogP contribution in [0.15, 0.2) is 0 Å². The Morgan fingerprint density at radius 3 is 2.47 bits per heavy atom. The molecule has 19 heavy (non-hydrogen) atoms. The molecule has 1 saturated heterocycles. The number of hydrogen-bond acceptors (Lipinski definition) is 5. The molecule has 0 aliphatic carbocycles. The van der Waals surface area contributed by atoms with E-state index in [0.29, 0.717) is 19.4 Å². The summed E-state index contributed by atoms with van der Waals surface area (Å²) in [5.74, 6) is -0.0981. The smallest absolute Gasteiger partial charge is 0.279 e. The third kappa shape index (κ3) is 4.99. The molecular weight excluding hydrogens is 290 g/mol. The summed E-state index contributed by atoms with van der Waals surface area (Å²) >= 11 is 0. The molecule has 2 N–H and O–H groups in total. The normalized spacial score (nSPS) is 26.9. The summed E-state index contributed by atoms with van der Waals surface area (Å²) in [6.45, 7) is 2.75. The maximum absolute atomic E-state index is 12.1. The molecule has 1 fully saturated rings. The van der Waals surface area contributed by atoms with Gasteiger partial charge in [-0.05, 0) is 33.4 Å². The van der Waals surface area contributed by atoms with Gasteiger partial charge in [0.2, 0.25) is 0 Å². The van der Waals surface area contributed by atoms with Crippen molar-refractivity contribution in [3.63, 3.8) is 0 Å². The SMILES string of the molecule is CNCCCN(C)S(=O)(=O)NC1(C)CCS(=O)(=O)C1. The molecule has 1 unspecified atom stereocenters. The quantitative estimate of drug-likeness (QED) is 0.584. The zero-order valence-corrected chi connectivity index (χ0v) is 13.3. The second-order valence-electron chi connectivity index (χ2n) is 5.29. The van der Waals surface area contributed by atoms with E-state index in [1.165, 1.54) is 11.4 Å². The zero-order valence-electron chi connectivity index (χ0n) is 11.6. The molecule has 114 valence electrons. The topological polar surface area (TPSA) is 95.6 Å². The molecular formula is C10H23N3O4S2. The van der Waals surface area contributed by atoms with Gasteiger partial charge in [-0.15, -0.1) is 0 Å². The van der Waals surface area contributed by atoms with Crippen molar-refractivity contribution in [3.8, 4) is 0 Å². The minimum atomic E-state index is -3.64. The van der Waals surface area contributed by atoms with Crippen LogP contribution in [0, 0.1) is 0 Å². The first-order chi connectivity index (χ1) is 8.60. The summed E-state index contributed by atoms with van der Waals surface area (Å²) in [7, 11) is -3.48. The second kappa shape index (κ2) is 6.04. The molecule has 1 atom stereocenters. The van der Waals surface area contributed by atoms with Gasteiger partial charge >= 0.3 is 0 Å². The molecule has 0 aromatic rings. The summed E-state index contributed by atoms with van der Waals surface area (Å²) in [5.41, 5.74) is -0.894. The van der Waals surface area contributed by atoms with Crippen LogP contribution in [0.3, 0.4) is 0 Å². The average Bonchev–Trinajstić information content (AvgIpc) is 2.51. The fraction of sp³-hybridized carbons (Fsp3) is 1.00. The predicted octanol–water partition coefficient (Wildman–Crippen LogP) is -1.06. The summed E-state index contributed by atoms with van der Waals surface area (Å²) in [4.78, 5) is 0. The van der Waals surface area contributed by atoms with Crippen molar-refractivity contribution in [1.82, 2.24) is 14.3 Å². The van der Waals surface area contributed by atoms with Crippen LogP contribution in [0.2, 0.25) is 0 Å². The van der Waals surface area contributed by atoms with Crippen molar-refractivity contribution in [1.29, 1.82) is 0 Å². The largest absolute Gasteiger partial charge is 0.320 e. The minimum Gasteiger partial charge on any atom is -0.320 e. The molecule has 0 saturated carbocycles. The fourth-order valence-electron chi connectivity index (χ4n) is 2.08. The highest BCUT2D eigenvalue weighted by Crippen LogP contribution is 2.24. The van der Waals surface area contributed by atoms with Crippen molar-refractivity contribution in [3.05, 3.63) is 0 Å². The summed E-state index contributed by atoms with van der Waals surface area (Å²) in [6.07, 6.45) is 1.02. The molecule has 0 spiro atoms. The highest BCUT2D eigenvalue weighted by molar-refractivity contribution is 7.92. The average molecular weight is 313 g/mol. The number of nitrogens with zero attached hydrogens (tertiary/aromatic N) is 1. The molecule has 1 aliphatic rings. The van der Waals surface area contributed by atoms with Crippen molar-refractivity contribution < 1.29 is 16.8 Å². The van der Waals surface area contributed by atoms with Crippen LogP contribution in [0.4, 0.5) is 0 Å². The van der Waals surface area contributed by atoms with Gasteiger partial charge in [0.1, 0.15) is 0 Å².